The highest BCUT2D eigenvalue weighted by Gasteiger charge is 2.28. The average Bonchev–Trinajstić information content (AvgIpc) is 2.95. The Morgan fingerprint density at radius 1 is 1.20 bits per heavy atom. The van der Waals surface area contributed by atoms with Crippen LogP contribution in [0.1, 0.15) is 39.6 Å². The molecule has 25 heavy (non-hydrogen) atoms. The van der Waals surface area contributed by atoms with E-state index in [0.29, 0.717) is 29.2 Å². The molecule has 0 aliphatic carbocycles. The number of Topliss-reactive ketones (excluding diaryl/α,β-unsaturated/α-hetero) is 1. The average molecular weight is 338 g/mol. The first-order valence-corrected chi connectivity index (χ1v) is 8.02. The quantitative estimate of drug-likeness (QED) is 0.611. The first-order chi connectivity index (χ1) is 12.1. The Balaban J connectivity index is 1.92. The maximum Gasteiger partial charge on any atom is 0.337 e. The van der Waals surface area contributed by atoms with E-state index in [9.17, 15) is 9.59 Å². The summed E-state index contributed by atoms with van der Waals surface area (Å²) in [6.07, 6.45) is 2.55. The summed E-state index contributed by atoms with van der Waals surface area (Å²) in [5.74, 6) is 0.553. The van der Waals surface area contributed by atoms with E-state index in [2.05, 4.69) is 4.74 Å². The number of hydrogen-bond donors (Lipinski definition) is 0. The van der Waals surface area contributed by atoms with E-state index in [1.807, 2.05) is 31.2 Å². The third-order valence-electron chi connectivity index (χ3n) is 3.76. The van der Waals surface area contributed by atoms with Crippen LogP contribution < -0.4 is 9.47 Å². The van der Waals surface area contributed by atoms with Crippen LogP contribution in [-0.2, 0) is 4.74 Å². The van der Waals surface area contributed by atoms with Crippen molar-refractivity contribution in [2.45, 2.75) is 13.3 Å². The van der Waals surface area contributed by atoms with Gasteiger partial charge in [-0.25, -0.2) is 4.79 Å². The van der Waals surface area contributed by atoms with Gasteiger partial charge >= 0.3 is 5.97 Å². The molecule has 5 nitrogen and oxygen atoms in total. The normalized spacial score (nSPS) is 14.2. The maximum absolute atomic E-state index is 12.6. The van der Waals surface area contributed by atoms with Crippen molar-refractivity contribution < 1.29 is 23.8 Å². The number of allylic oxidation sites excluding steroid dienone is 1. The number of ether oxygens (including phenoxy) is 3. The molecule has 128 valence electrons. The number of methoxy groups -OCH3 is 1. The second-order valence-corrected chi connectivity index (χ2v) is 5.53. The Morgan fingerprint density at radius 3 is 2.76 bits per heavy atom. The number of carbonyl (C=O) groups excluding carboxylic acids is 2. The Bertz CT molecular complexity index is 851. The Morgan fingerprint density at radius 2 is 2.00 bits per heavy atom. The van der Waals surface area contributed by atoms with Crippen molar-refractivity contribution in [2.24, 2.45) is 0 Å². The van der Waals surface area contributed by atoms with Gasteiger partial charge in [-0.15, -0.1) is 0 Å². The fourth-order valence-electron chi connectivity index (χ4n) is 2.52. The van der Waals surface area contributed by atoms with E-state index >= 15 is 0 Å². The minimum Gasteiger partial charge on any atom is -0.493 e. The molecule has 0 saturated carbocycles. The van der Waals surface area contributed by atoms with Crippen LogP contribution in [0.3, 0.4) is 0 Å². The molecule has 1 aliphatic rings. The molecule has 1 heterocycles. The molecule has 0 unspecified atom stereocenters. The monoisotopic (exact) mass is 338 g/mol. The first kappa shape index (κ1) is 16.8. The van der Waals surface area contributed by atoms with Gasteiger partial charge in [0.2, 0.25) is 5.78 Å². The molecule has 0 N–H and O–H groups in total. The summed E-state index contributed by atoms with van der Waals surface area (Å²) in [4.78, 5) is 24.2. The number of ketones is 1. The van der Waals surface area contributed by atoms with Gasteiger partial charge in [-0.05, 0) is 36.8 Å². The van der Waals surface area contributed by atoms with Gasteiger partial charge in [-0.3, -0.25) is 4.79 Å². The van der Waals surface area contributed by atoms with Crippen LogP contribution in [0.2, 0.25) is 0 Å². The molecule has 2 aromatic rings. The molecule has 1 aliphatic heterocycles. The van der Waals surface area contributed by atoms with Gasteiger partial charge in [-0.1, -0.05) is 25.1 Å². The number of rotatable bonds is 5. The summed E-state index contributed by atoms with van der Waals surface area (Å²) < 4.78 is 16.0. The molecule has 2 aromatic carbocycles. The maximum atomic E-state index is 12.6. The number of para-hydroxylation sites is 1. The summed E-state index contributed by atoms with van der Waals surface area (Å²) in [6, 6.07) is 12.1. The Kier molecular flexibility index (Phi) is 4.84. The Labute approximate surface area is 145 Å². The minimum atomic E-state index is -0.494. The molecule has 5 heteroatoms. The lowest BCUT2D eigenvalue weighted by atomic mass is 10.1. The van der Waals surface area contributed by atoms with Crippen LogP contribution in [-0.4, -0.2) is 25.5 Å². The molecule has 0 saturated heterocycles. The lowest BCUT2D eigenvalue weighted by Crippen LogP contribution is -2.03. The van der Waals surface area contributed by atoms with E-state index in [4.69, 9.17) is 9.47 Å². The number of carbonyl (C=O) groups is 2. The van der Waals surface area contributed by atoms with E-state index in [-0.39, 0.29) is 11.5 Å². The van der Waals surface area contributed by atoms with Crippen LogP contribution in [0, 0.1) is 0 Å². The molecule has 0 amide bonds. The van der Waals surface area contributed by atoms with E-state index < -0.39 is 5.97 Å². The third kappa shape index (κ3) is 3.40. The van der Waals surface area contributed by atoms with Gasteiger partial charge in [0.05, 0.1) is 24.8 Å². The molecular weight excluding hydrogens is 320 g/mol. The topological polar surface area (TPSA) is 61.8 Å². The smallest absolute Gasteiger partial charge is 0.337 e. The predicted octanol–water partition coefficient (Wildman–Crippen LogP) is 3.88. The van der Waals surface area contributed by atoms with Crippen molar-refractivity contribution in [3.63, 3.8) is 0 Å². The first-order valence-electron chi connectivity index (χ1n) is 8.02. The third-order valence-corrected chi connectivity index (χ3v) is 3.76. The van der Waals surface area contributed by atoms with Crippen molar-refractivity contribution in [3.05, 3.63) is 64.9 Å². The highest BCUT2D eigenvalue weighted by atomic mass is 16.5. The number of fused-ring (bicyclic) bond motifs is 1. The highest BCUT2D eigenvalue weighted by molar-refractivity contribution is 6.15. The molecular formula is C20H18O5. The summed E-state index contributed by atoms with van der Waals surface area (Å²) in [6.45, 7) is 2.62. The molecule has 3 rings (SSSR count). The zero-order valence-electron chi connectivity index (χ0n) is 14.1. The van der Waals surface area contributed by atoms with E-state index in [1.54, 1.807) is 18.2 Å². The second-order valence-electron chi connectivity index (χ2n) is 5.53. The van der Waals surface area contributed by atoms with Crippen LogP contribution in [0.25, 0.3) is 6.08 Å². The number of hydrogen-bond acceptors (Lipinski definition) is 5. The molecule has 0 fully saturated rings. The molecule has 0 aromatic heterocycles. The fourth-order valence-corrected chi connectivity index (χ4v) is 2.52. The zero-order chi connectivity index (χ0) is 17.8. The molecule has 0 atom stereocenters. The number of esters is 1. The van der Waals surface area contributed by atoms with Crippen molar-refractivity contribution in [2.75, 3.05) is 13.7 Å². The SMILES string of the molecule is CCCOc1ccccc1/C=C1\Oc2ccc(C(=O)OC)cc2C1=O. The van der Waals surface area contributed by atoms with Gasteiger partial charge in [0.15, 0.2) is 5.76 Å². The van der Waals surface area contributed by atoms with Gasteiger partial charge in [0.25, 0.3) is 0 Å². The van der Waals surface area contributed by atoms with Crippen molar-refractivity contribution in [1.29, 1.82) is 0 Å². The predicted molar refractivity (Wildman–Crippen MR) is 92.9 cm³/mol. The fraction of sp³-hybridized carbons (Fsp3) is 0.200. The van der Waals surface area contributed by atoms with Crippen LogP contribution >= 0.6 is 0 Å². The molecule has 0 radical (unpaired) electrons. The van der Waals surface area contributed by atoms with Gasteiger partial charge in [0, 0.05) is 5.56 Å². The van der Waals surface area contributed by atoms with E-state index in [0.717, 1.165) is 12.0 Å². The van der Waals surface area contributed by atoms with Gasteiger partial charge < -0.3 is 14.2 Å². The lowest BCUT2D eigenvalue weighted by Gasteiger charge is -2.08. The van der Waals surface area contributed by atoms with Gasteiger partial charge in [-0.2, -0.15) is 0 Å². The summed E-state index contributed by atoms with van der Waals surface area (Å²) in [5.41, 5.74) is 1.42. The minimum absolute atomic E-state index is 0.199. The van der Waals surface area contributed by atoms with E-state index in [1.165, 1.54) is 13.2 Å². The van der Waals surface area contributed by atoms with Crippen LogP contribution in [0.5, 0.6) is 11.5 Å². The highest BCUT2D eigenvalue weighted by Crippen LogP contribution is 2.33. The number of benzene rings is 2. The molecule has 0 spiro atoms. The molecule has 0 bridgehead atoms. The largest absolute Gasteiger partial charge is 0.493 e. The van der Waals surface area contributed by atoms with Crippen LogP contribution in [0.4, 0.5) is 0 Å². The van der Waals surface area contributed by atoms with Crippen molar-refractivity contribution >= 4 is 17.8 Å². The van der Waals surface area contributed by atoms with Gasteiger partial charge in [0.1, 0.15) is 11.5 Å². The summed E-state index contributed by atoms with van der Waals surface area (Å²) in [5, 5.41) is 0. The summed E-state index contributed by atoms with van der Waals surface area (Å²) in [7, 11) is 1.30. The zero-order valence-corrected chi connectivity index (χ0v) is 14.1. The summed E-state index contributed by atoms with van der Waals surface area (Å²) >= 11 is 0. The van der Waals surface area contributed by atoms with Crippen molar-refractivity contribution in [3.8, 4) is 11.5 Å². The second kappa shape index (κ2) is 7.21. The Hall–Kier alpha value is -3.08. The van der Waals surface area contributed by atoms with Crippen molar-refractivity contribution in [1.82, 2.24) is 0 Å². The van der Waals surface area contributed by atoms with Crippen LogP contribution in [0.15, 0.2) is 48.2 Å². The standard InChI is InChI=1S/C20H18O5/c1-3-10-24-16-7-5-4-6-13(16)12-18-19(21)15-11-14(20(22)23-2)8-9-17(15)25-18/h4-9,11-12H,3,10H2,1-2H3/b18-12-. The lowest BCUT2D eigenvalue weighted by molar-refractivity contribution is 0.0600.